The highest BCUT2D eigenvalue weighted by Crippen LogP contribution is 2.21. The summed E-state index contributed by atoms with van der Waals surface area (Å²) in [6.45, 7) is 0.475. The first-order valence-corrected chi connectivity index (χ1v) is 5.69. The van der Waals surface area contributed by atoms with Crippen molar-refractivity contribution < 1.29 is 4.79 Å². The van der Waals surface area contributed by atoms with Crippen LogP contribution >= 0.6 is 27.3 Å². The molecule has 0 aliphatic heterocycles. The van der Waals surface area contributed by atoms with Crippen LogP contribution in [0.5, 0.6) is 0 Å². The van der Waals surface area contributed by atoms with E-state index in [9.17, 15) is 4.79 Å². The lowest BCUT2D eigenvalue weighted by Crippen LogP contribution is -2.27. The molecule has 1 amide bonds. The monoisotopic (exact) mass is 272 g/mol. The Hall–Kier alpha value is -0.860. The Kier molecular flexibility index (Phi) is 4.11. The van der Waals surface area contributed by atoms with E-state index >= 15 is 0 Å². The van der Waals surface area contributed by atoms with E-state index in [4.69, 9.17) is 5.26 Å². The number of nitrogens with zero attached hydrogens (tertiary/aromatic N) is 2. The van der Waals surface area contributed by atoms with Crippen molar-refractivity contribution in [1.82, 2.24) is 4.90 Å². The number of hydrogen-bond donors (Lipinski definition) is 0. The van der Waals surface area contributed by atoms with E-state index in [0.717, 1.165) is 3.79 Å². The zero-order valence-electron chi connectivity index (χ0n) is 7.66. The molecule has 0 spiro atoms. The fraction of sp³-hybridized carbons (Fsp3) is 0.333. The van der Waals surface area contributed by atoms with Gasteiger partial charge in [-0.15, -0.1) is 11.3 Å². The standard InChI is InChI=1S/C9H9BrN2OS/c1-12(4-2-3-11)9(13)7-5-8(10)14-6-7/h5-6H,2,4H2,1H3. The van der Waals surface area contributed by atoms with Crippen molar-refractivity contribution in [2.45, 2.75) is 6.42 Å². The van der Waals surface area contributed by atoms with Gasteiger partial charge in [0.1, 0.15) is 0 Å². The minimum Gasteiger partial charge on any atom is -0.341 e. The molecule has 0 unspecified atom stereocenters. The molecule has 1 aromatic rings. The average Bonchev–Trinajstić information content (AvgIpc) is 2.60. The summed E-state index contributed by atoms with van der Waals surface area (Å²) in [6, 6.07) is 3.80. The van der Waals surface area contributed by atoms with E-state index in [-0.39, 0.29) is 5.91 Å². The quantitative estimate of drug-likeness (QED) is 0.849. The lowest BCUT2D eigenvalue weighted by Gasteiger charge is -2.13. The maximum absolute atomic E-state index is 11.7. The van der Waals surface area contributed by atoms with Crippen LogP contribution in [0.1, 0.15) is 16.8 Å². The van der Waals surface area contributed by atoms with E-state index < -0.39 is 0 Å². The summed E-state index contributed by atoms with van der Waals surface area (Å²) in [7, 11) is 1.70. The molecule has 0 aromatic carbocycles. The normalized spacial score (nSPS) is 9.50. The first-order chi connectivity index (χ1) is 6.65. The number of rotatable bonds is 3. The van der Waals surface area contributed by atoms with Crippen molar-refractivity contribution >= 4 is 33.2 Å². The summed E-state index contributed by atoms with van der Waals surface area (Å²) >= 11 is 4.78. The number of hydrogen-bond acceptors (Lipinski definition) is 3. The fourth-order valence-corrected chi connectivity index (χ4v) is 2.09. The van der Waals surface area contributed by atoms with Gasteiger partial charge < -0.3 is 4.90 Å². The second kappa shape index (κ2) is 5.13. The molecule has 0 saturated carbocycles. The number of nitriles is 1. The summed E-state index contributed by atoms with van der Waals surface area (Å²) in [5, 5.41) is 10.2. The third-order valence-electron chi connectivity index (χ3n) is 1.72. The lowest BCUT2D eigenvalue weighted by molar-refractivity contribution is 0.0798. The molecule has 0 fully saturated rings. The first-order valence-electron chi connectivity index (χ1n) is 4.01. The first kappa shape index (κ1) is 11.2. The molecule has 3 nitrogen and oxygen atoms in total. The highest BCUT2D eigenvalue weighted by Gasteiger charge is 2.12. The van der Waals surface area contributed by atoms with Gasteiger partial charge in [0.2, 0.25) is 0 Å². The summed E-state index contributed by atoms with van der Waals surface area (Å²) in [6.07, 6.45) is 0.369. The molecule has 0 aliphatic carbocycles. The molecule has 0 aliphatic rings. The fourth-order valence-electron chi connectivity index (χ4n) is 0.962. The number of carbonyl (C=O) groups excluding carboxylic acids is 1. The molecule has 0 radical (unpaired) electrons. The van der Waals surface area contributed by atoms with Gasteiger partial charge in [-0.25, -0.2) is 0 Å². The summed E-state index contributed by atoms with van der Waals surface area (Å²) in [4.78, 5) is 13.2. The summed E-state index contributed by atoms with van der Waals surface area (Å²) in [5.41, 5.74) is 0.669. The van der Waals surface area contributed by atoms with Gasteiger partial charge in [0.05, 0.1) is 21.8 Å². The topological polar surface area (TPSA) is 44.1 Å². The van der Waals surface area contributed by atoms with Crippen molar-refractivity contribution in [3.63, 3.8) is 0 Å². The Labute approximate surface area is 95.1 Å². The Bertz CT molecular complexity index is 369. The van der Waals surface area contributed by atoms with Gasteiger partial charge in [-0.3, -0.25) is 4.79 Å². The van der Waals surface area contributed by atoms with Gasteiger partial charge in [-0.1, -0.05) is 0 Å². The smallest absolute Gasteiger partial charge is 0.254 e. The maximum Gasteiger partial charge on any atom is 0.254 e. The van der Waals surface area contributed by atoms with Crippen molar-refractivity contribution in [1.29, 1.82) is 5.26 Å². The second-order valence-corrected chi connectivity index (χ2v) is 5.06. The third-order valence-corrected chi connectivity index (χ3v) is 3.22. The second-order valence-electron chi connectivity index (χ2n) is 2.77. The molecule has 0 N–H and O–H groups in total. The molecule has 1 rings (SSSR count). The lowest BCUT2D eigenvalue weighted by atomic mass is 10.3. The van der Waals surface area contributed by atoms with Gasteiger partial charge in [0, 0.05) is 19.0 Å². The predicted molar refractivity (Wildman–Crippen MR) is 59.2 cm³/mol. The average molecular weight is 273 g/mol. The van der Waals surface area contributed by atoms with Crippen LogP contribution in [0.3, 0.4) is 0 Å². The van der Waals surface area contributed by atoms with Crippen LogP contribution in [-0.4, -0.2) is 24.4 Å². The van der Waals surface area contributed by atoms with E-state index in [1.807, 2.05) is 6.07 Å². The third kappa shape index (κ3) is 2.82. The Balaban J connectivity index is 2.62. The maximum atomic E-state index is 11.7. The van der Waals surface area contributed by atoms with Crippen molar-refractivity contribution in [3.8, 4) is 6.07 Å². The van der Waals surface area contributed by atoms with Crippen LogP contribution in [0, 0.1) is 11.3 Å². The highest BCUT2D eigenvalue weighted by molar-refractivity contribution is 9.11. The van der Waals surface area contributed by atoms with E-state index in [0.29, 0.717) is 18.5 Å². The van der Waals surface area contributed by atoms with Crippen LogP contribution in [0.2, 0.25) is 0 Å². The molecule has 14 heavy (non-hydrogen) atoms. The molecule has 1 aromatic heterocycles. The largest absolute Gasteiger partial charge is 0.341 e. The molecule has 0 bridgehead atoms. The molecule has 1 heterocycles. The van der Waals surface area contributed by atoms with Crippen LogP contribution < -0.4 is 0 Å². The van der Waals surface area contributed by atoms with Gasteiger partial charge in [-0.2, -0.15) is 5.26 Å². The van der Waals surface area contributed by atoms with Crippen LogP contribution in [0.15, 0.2) is 15.2 Å². The predicted octanol–water partition coefficient (Wildman–Crippen LogP) is 2.50. The Morgan fingerprint density at radius 2 is 2.50 bits per heavy atom. The molecule has 5 heteroatoms. The number of carbonyl (C=O) groups is 1. The van der Waals surface area contributed by atoms with E-state index in [1.165, 1.54) is 11.3 Å². The summed E-state index contributed by atoms with van der Waals surface area (Å²) < 4.78 is 0.939. The van der Waals surface area contributed by atoms with Gasteiger partial charge in [0.15, 0.2) is 0 Å². The molecule has 74 valence electrons. The molecule has 0 saturated heterocycles. The Morgan fingerprint density at radius 1 is 1.79 bits per heavy atom. The van der Waals surface area contributed by atoms with Crippen LogP contribution in [0.4, 0.5) is 0 Å². The van der Waals surface area contributed by atoms with Gasteiger partial charge >= 0.3 is 0 Å². The van der Waals surface area contributed by atoms with Crippen LogP contribution in [-0.2, 0) is 0 Å². The minimum atomic E-state index is -0.0396. The zero-order chi connectivity index (χ0) is 10.6. The number of thiophene rings is 1. The number of halogens is 1. The minimum absolute atomic E-state index is 0.0396. The molecule has 0 atom stereocenters. The zero-order valence-corrected chi connectivity index (χ0v) is 10.1. The Morgan fingerprint density at radius 3 is 3.00 bits per heavy atom. The van der Waals surface area contributed by atoms with E-state index in [2.05, 4.69) is 15.9 Å². The SMILES string of the molecule is CN(CCC#N)C(=O)c1csc(Br)c1. The molecular weight excluding hydrogens is 264 g/mol. The van der Waals surface area contributed by atoms with Crippen molar-refractivity contribution in [3.05, 3.63) is 20.8 Å². The van der Waals surface area contributed by atoms with Gasteiger partial charge in [-0.05, 0) is 22.0 Å². The van der Waals surface area contributed by atoms with E-state index in [1.54, 1.807) is 23.4 Å². The van der Waals surface area contributed by atoms with Crippen molar-refractivity contribution in [2.24, 2.45) is 0 Å². The highest BCUT2D eigenvalue weighted by atomic mass is 79.9. The van der Waals surface area contributed by atoms with Crippen molar-refractivity contribution in [2.75, 3.05) is 13.6 Å². The summed E-state index contributed by atoms with van der Waals surface area (Å²) in [5.74, 6) is -0.0396. The van der Waals surface area contributed by atoms with Gasteiger partial charge in [0.25, 0.3) is 5.91 Å². The van der Waals surface area contributed by atoms with Crippen LogP contribution in [0.25, 0.3) is 0 Å². The number of amides is 1. The molecular formula is C9H9BrN2OS.